The van der Waals surface area contributed by atoms with Gasteiger partial charge in [-0.3, -0.25) is 4.79 Å². The summed E-state index contributed by atoms with van der Waals surface area (Å²) in [6, 6.07) is 12.7. The zero-order chi connectivity index (χ0) is 20.5. The van der Waals surface area contributed by atoms with Gasteiger partial charge in [0.15, 0.2) is 17.6 Å². The molecule has 0 spiro atoms. The van der Waals surface area contributed by atoms with E-state index in [0.29, 0.717) is 23.9 Å². The molecule has 1 N–H and O–H groups in total. The van der Waals surface area contributed by atoms with Gasteiger partial charge in [0, 0.05) is 0 Å². The molecule has 3 rings (SSSR count). The Bertz CT molecular complexity index is 836. The lowest BCUT2D eigenvalue weighted by atomic mass is 10.2. The molecular weight excluding hydrogens is 372 g/mol. The van der Waals surface area contributed by atoms with Crippen LogP contribution in [0, 0.1) is 0 Å². The third-order valence-electron chi connectivity index (χ3n) is 4.31. The van der Waals surface area contributed by atoms with Crippen LogP contribution in [-0.4, -0.2) is 31.6 Å². The van der Waals surface area contributed by atoms with E-state index in [-0.39, 0.29) is 12.7 Å². The lowest BCUT2D eigenvalue weighted by Crippen LogP contribution is -2.33. The van der Waals surface area contributed by atoms with E-state index in [1.807, 2.05) is 18.2 Å². The Hall–Kier alpha value is -3.22. The van der Waals surface area contributed by atoms with E-state index < -0.39 is 6.10 Å². The third-order valence-corrected chi connectivity index (χ3v) is 4.31. The van der Waals surface area contributed by atoms with Crippen LogP contribution in [0.15, 0.2) is 47.6 Å². The average Bonchev–Trinajstić information content (AvgIpc) is 3.20. The molecule has 0 aromatic heterocycles. The van der Waals surface area contributed by atoms with Gasteiger partial charge in [-0.25, -0.2) is 5.43 Å². The predicted molar refractivity (Wildman–Crippen MR) is 110 cm³/mol. The van der Waals surface area contributed by atoms with Gasteiger partial charge in [-0.2, -0.15) is 5.10 Å². The van der Waals surface area contributed by atoms with Crippen molar-refractivity contribution in [2.75, 3.05) is 13.4 Å². The normalized spacial score (nSPS) is 13.3. The summed E-state index contributed by atoms with van der Waals surface area (Å²) in [6.07, 6.45) is 4.21. The fourth-order valence-corrected chi connectivity index (χ4v) is 2.67. The summed E-state index contributed by atoms with van der Waals surface area (Å²) >= 11 is 0. The Labute approximate surface area is 170 Å². The molecule has 0 saturated carbocycles. The molecule has 1 aliphatic heterocycles. The van der Waals surface area contributed by atoms with E-state index in [1.54, 1.807) is 31.2 Å². The molecule has 1 unspecified atom stereocenters. The van der Waals surface area contributed by atoms with Gasteiger partial charge in [0.1, 0.15) is 11.5 Å². The molecule has 1 amide bonds. The first kappa shape index (κ1) is 20.5. The van der Waals surface area contributed by atoms with Gasteiger partial charge in [-0.15, -0.1) is 0 Å². The molecule has 2 aromatic rings. The lowest BCUT2D eigenvalue weighted by Gasteiger charge is -2.13. The fraction of sp³-hybridized carbons (Fsp3) is 0.364. The molecule has 2 aromatic carbocycles. The van der Waals surface area contributed by atoms with Gasteiger partial charge in [0.2, 0.25) is 6.79 Å². The molecule has 7 heteroatoms. The van der Waals surface area contributed by atoms with E-state index in [0.717, 1.165) is 30.6 Å². The monoisotopic (exact) mass is 398 g/mol. The zero-order valence-electron chi connectivity index (χ0n) is 16.7. The molecule has 0 bridgehead atoms. The van der Waals surface area contributed by atoms with Gasteiger partial charge in [0.25, 0.3) is 5.91 Å². The predicted octanol–water partition coefficient (Wildman–Crippen LogP) is 3.90. The first-order chi connectivity index (χ1) is 14.2. The number of unbranched alkanes of at least 4 members (excludes halogenated alkanes) is 2. The van der Waals surface area contributed by atoms with Crippen molar-refractivity contribution in [2.24, 2.45) is 5.10 Å². The average molecular weight is 398 g/mol. The highest BCUT2D eigenvalue weighted by Gasteiger charge is 2.15. The van der Waals surface area contributed by atoms with E-state index in [1.165, 1.54) is 6.21 Å². The number of carbonyl (C=O) groups is 1. The number of hydrazone groups is 1. The number of carbonyl (C=O) groups excluding carboxylic acids is 1. The first-order valence-corrected chi connectivity index (χ1v) is 9.78. The van der Waals surface area contributed by atoms with Crippen molar-refractivity contribution >= 4 is 12.1 Å². The van der Waals surface area contributed by atoms with Crippen molar-refractivity contribution in [1.82, 2.24) is 5.43 Å². The number of nitrogens with zero attached hydrogens (tertiary/aromatic N) is 1. The molecule has 7 nitrogen and oxygen atoms in total. The van der Waals surface area contributed by atoms with Crippen molar-refractivity contribution in [2.45, 2.75) is 39.2 Å². The topological polar surface area (TPSA) is 78.4 Å². The smallest absolute Gasteiger partial charge is 0.280 e. The van der Waals surface area contributed by atoms with Crippen molar-refractivity contribution < 1.29 is 23.7 Å². The maximum Gasteiger partial charge on any atom is 0.280 e. The number of amides is 1. The Morgan fingerprint density at radius 3 is 2.69 bits per heavy atom. The highest BCUT2D eigenvalue weighted by molar-refractivity contribution is 5.85. The van der Waals surface area contributed by atoms with Gasteiger partial charge in [0.05, 0.1) is 12.8 Å². The van der Waals surface area contributed by atoms with E-state index in [4.69, 9.17) is 18.9 Å². The summed E-state index contributed by atoms with van der Waals surface area (Å²) in [5, 5.41) is 3.97. The second-order valence-electron chi connectivity index (χ2n) is 6.63. The minimum atomic E-state index is -0.694. The lowest BCUT2D eigenvalue weighted by molar-refractivity contribution is -0.127. The van der Waals surface area contributed by atoms with E-state index >= 15 is 0 Å². The molecule has 0 saturated heterocycles. The molecule has 0 fully saturated rings. The summed E-state index contributed by atoms with van der Waals surface area (Å²) in [5.41, 5.74) is 3.27. The Balaban J connectivity index is 1.44. The van der Waals surface area contributed by atoms with Crippen LogP contribution in [0.2, 0.25) is 0 Å². The Morgan fingerprint density at radius 2 is 1.90 bits per heavy atom. The van der Waals surface area contributed by atoms with Crippen molar-refractivity contribution in [3.05, 3.63) is 48.0 Å². The van der Waals surface area contributed by atoms with Crippen molar-refractivity contribution in [3.63, 3.8) is 0 Å². The van der Waals surface area contributed by atoms with E-state index in [9.17, 15) is 4.79 Å². The molecule has 0 aliphatic carbocycles. The van der Waals surface area contributed by atoms with Crippen LogP contribution < -0.4 is 24.4 Å². The van der Waals surface area contributed by atoms with Gasteiger partial charge < -0.3 is 18.9 Å². The number of benzene rings is 2. The molecule has 1 heterocycles. The molecule has 0 radical (unpaired) electrons. The molecule has 1 atom stereocenters. The van der Waals surface area contributed by atoms with Crippen LogP contribution in [0.25, 0.3) is 0 Å². The highest BCUT2D eigenvalue weighted by atomic mass is 16.7. The Morgan fingerprint density at radius 1 is 1.14 bits per heavy atom. The highest BCUT2D eigenvalue weighted by Crippen LogP contribution is 2.31. The molecule has 154 valence electrons. The number of hydrogen-bond donors (Lipinski definition) is 1. The second-order valence-corrected chi connectivity index (χ2v) is 6.63. The van der Waals surface area contributed by atoms with Gasteiger partial charge in [-0.1, -0.05) is 19.8 Å². The standard InChI is InChI=1S/C22H26N2O5/c1-3-4-5-12-26-18-7-9-19(10-8-18)29-16(2)22(25)24-23-14-17-6-11-20-21(13-17)28-15-27-20/h6-11,13-14,16H,3-5,12,15H2,1-2H3,(H,24,25). The molecular formula is C22H26N2O5. The quantitative estimate of drug-likeness (QED) is 0.373. The summed E-state index contributed by atoms with van der Waals surface area (Å²) in [4.78, 5) is 12.2. The second kappa shape index (κ2) is 10.4. The summed E-state index contributed by atoms with van der Waals surface area (Å²) in [6.45, 7) is 4.74. The fourth-order valence-electron chi connectivity index (χ4n) is 2.67. The molecule has 1 aliphatic rings. The maximum absolute atomic E-state index is 12.2. The number of fused-ring (bicyclic) bond motifs is 1. The number of hydrogen-bond acceptors (Lipinski definition) is 6. The summed E-state index contributed by atoms with van der Waals surface area (Å²) in [5.74, 6) is 2.40. The minimum Gasteiger partial charge on any atom is -0.494 e. The minimum absolute atomic E-state index is 0.216. The van der Waals surface area contributed by atoms with Crippen molar-refractivity contribution in [1.29, 1.82) is 0 Å². The van der Waals surface area contributed by atoms with Gasteiger partial charge >= 0.3 is 0 Å². The number of rotatable bonds is 10. The number of nitrogens with one attached hydrogen (secondary N) is 1. The molecule has 29 heavy (non-hydrogen) atoms. The number of ether oxygens (including phenoxy) is 4. The third kappa shape index (κ3) is 6.14. The first-order valence-electron chi connectivity index (χ1n) is 9.78. The maximum atomic E-state index is 12.2. The van der Waals surface area contributed by atoms with Crippen LogP contribution in [0.5, 0.6) is 23.0 Å². The summed E-state index contributed by atoms with van der Waals surface area (Å²) in [7, 11) is 0. The van der Waals surface area contributed by atoms with Crippen LogP contribution in [0.3, 0.4) is 0 Å². The van der Waals surface area contributed by atoms with E-state index in [2.05, 4.69) is 17.5 Å². The van der Waals surface area contributed by atoms with Crippen LogP contribution in [0.1, 0.15) is 38.7 Å². The van der Waals surface area contributed by atoms with Crippen LogP contribution in [-0.2, 0) is 4.79 Å². The van der Waals surface area contributed by atoms with Crippen LogP contribution >= 0.6 is 0 Å². The van der Waals surface area contributed by atoms with Crippen molar-refractivity contribution in [3.8, 4) is 23.0 Å². The summed E-state index contributed by atoms with van der Waals surface area (Å²) < 4.78 is 21.9. The largest absolute Gasteiger partial charge is 0.494 e. The Kier molecular flexibility index (Phi) is 7.33. The SMILES string of the molecule is CCCCCOc1ccc(OC(C)C(=O)NN=Cc2ccc3c(c2)OCO3)cc1. The zero-order valence-corrected chi connectivity index (χ0v) is 16.7. The van der Waals surface area contributed by atoms with Crippen LogP contribution in [0.4, 0.5) is 0 Å². The van der Waals surface area contributed by atoms with Gasteiger partial charge in [-0.05, 0) is 61.4 Å².